The highest BCUT2D eigenvalue weighted by Crippen LogP contribution is 2.17. The molecule has 5 heteroatoms. The molecule has 1 atom stereocenters. The zero-order chi connectivity index (χ0) is 15.2. The number of nitriles is 1. The number of hydrogen-bond donors (Lipinski definition) is 1. The van der Waals surface area contributed by atoms with Crippen molar-refractivity contribution >= 4 is 11.8 Å². The lowest BCUT2D eigenvalue weighted by Crippen LogP contribution is -2.44. The van der Waals surface area contributed by atoms with Crippen LogP contribution in [0.5, 0.6) is 0 Å². The van der Waals surface area contributed by atoms with Crippen molar-refractivity contribution in [1.82, 2.24) is 10.2 Å². The molecule has 1 aliphatic rings. The quantitative estimate of drug-likeness (QED) is 0.909. The first-order valence-corrected chi connectivity index (χ1v) is 7.19. The monoisotopic (exact) mass is 285 g/mol. The second-order valence-corrected chi connectivity index (χ2v) is 5.16. The Balaban J connectivity index is 2.07. The smallest absolute Gasteiger partial charge is 0.227 e. The molecular weight excluding hydrogens is 266 g/mol. The number of carbonyl (C=O) groups is 2. The SMILES string of the molecule is CCN(Cc1ccccc1C#N)C(=O)C1CCC(=O)NC1. The molecule has 0 aromatic heterocycles. The average Bonchev–Trinajstić information content (AvgIpc) is 2.53. The summed E-state index contributed by atoms with van der Waals surface area (Å²) in [6.07, 6.45) is 1.00. The summed E-state index contributed by atoms with van der Waals surface area (Å²) in [7, 11) is 0. The standard InChI is InChI=1S/C16H19N3O2/c1-2-19(11-14-6-4-3-5-12(14)9-17)16(21)13-7-8-15(20)18-10-13/h3-6,13H,2,7-8,10-11H2,1H3,(H,18,20). The topological polar surface area (TPSA) is 73.2 Å². The zero-order valence-electron chi connectivity index (χ0n) is 12.1. The molecule has 1 heterocycles. The molecule has 5 nitrogen and oxygen atoms in total. The molecule has 110 valence electrons. The van der Waals surface area contributed by atoms with Crippen LogP contribution in [0.3, 0.4) is 0 Å². The van der Waals surface area contributed by atoms with Gasteiger partial charge in [0.15, 0.2) is 0 Å². The second kappa shape index (κ2) is 6.89. The van der Waals surface area contributed by atoms with Gasteiger partial charge in [-0.15, -0.1) is 0 Å². The first kappa shape index (κ1) is 15.0. The largest absolute Gasteiger partial charge is 0.355 e. The Morgan fingerprint density at radius 1 is 1.48 bits per heavy atom. The van der Waals surface area contributed by atoms with E-state index in [1.807, 2.05) is 25.1 Å². The Hall–Kier alpha value is -2.35. The minimum Gasteiger partial charge on any atom is -0.355 e. The number of carbonyl (C=O) groups excluding carboxylic acids is 2. The Morgan fingerprint density at radius 3 is 2.86 bits per heavy atom. The van der Waals surface area contributed by atoms with Crippen molar-refractivity contribution in [2.45, 2.75) is 26.3 Å². The normalized spacial score (nSPS) is 17.7. The van der Waals surface area contributed by atoms with E-state index in [2.05, 4.69) is 11.4 Å². The van der Waals surface area contributed by atoms with Crippen LogP contribution in [-0.2, 0) is 16.1 Å². The Morgan fingerprint density at radius 2 is 2.24 bits per heavy atom. The van der Waals surface area contributed by atoms with Gasteiger partial charge in [-0.1, -0.05) is 18.2 Å². The van der Waals surface area contributed by atoms with Gasteiger partial charge in [-0.05, 0) is 25.0 Å². The number of hydrogen-bond acceptors (Lipinski definition) is 3. The van der Waals surface area contributed by atoms with Gasteiger partial charge in [0.1, 0.15) is 0 Å². The third-order valence-corrected chi connectivity index (χ3v) is 3.81. The molecular formula is C16H19N3O2. The van der Waals surface area contributed by atoms with Crippen molar-refractivity contribution in [2.75, 3.05) is 13.1 Å². The fraction of sp³-hybridized carbons (Fsp3) is 0.438. The van der Waals surface area contributed by atoms with E-state index < -0.39 is 0 Å². The Labute approximate surface area is 124 Å². The average molecular weight is 285 g/mol. The number of nitrogens with zero attached hydrogens (tertiary/aromatic N) is 2. The third kappa shape index (κ3) is 3.60. The summed E-state index contributed by atoms with van der Waals surface area (Å²) >= 11 is 0. The van der Waals surface area contributed by atoms with Crippen molar-refractivity contribution < 1.29 is 9.59 Å². The molecule has 1 aromatic carbocycles. The van der Waals surface area contributed by atoms with E-state index in [1.165, 1.54) is 0 Å². The molecule has 0 spiro atoms. The number of nitrogens with one attached hydrogen (secondary N) is 1. The summed E-state index contributed by atoms with van der Waals surface area (Å²) in [5.74, 6) is -0.0981. The van der Waals surface area contributed by atoms with Crippen LogP contribution in [0.15, 0.2) is 24.3 Å². The van der Waals surface area contributed by atoms with Crippen molar-refractivity contribution in [3.8, 4) is 6.07 Å². The summed E-state index contributed by atoms with van der Waals surface area (Å²) in [6.45, 7) is 3.36. The first-order chi connectivity index (χ1) is 10.2. The molecule has 21 heavy (non-hydrogen) atoms. The number of amides is 2. The maximum atomic E-state index is 12.5. The van der Waals surface area contributed by atoms with Crippen molar-refractivity contribution in [3.05, 3.63) is 35.4 Å². The van der Waals surface area contributed by atoms with E-state index in [4.69, 9.17) is 5.26 Å². The highest BCUT2D eigenvalue weighted by atomic mass is 16.2. The molecule has 1 N–H and O–H groups in total. The molecule has 2 amide bonds. The van der Waals surface area contributed by atoms with Gasteiger partial charge in [0.05, 0.1) is 17.6 Å². The molecule has 1 aromatic rings. The van der Waals surface area contributed by atoms with Crippen LogP contribution in [0.1, 0.15) is 30.9 Å². The van der Waals surface area contributed by atoms with E-state index in [1.54, 1.807) is 11.0 Å². The van der Waals surface area contributed by atoms with E-state index in [0.717, 1.165) is 5.56 Å². The highest BCUT2D eigenvalue weighted by molar-refractivity contribution is 5.83. The van der Waals surface area contributed by atoms with Gasteiger partial charge < -0.3 is 10.2 Å². The van der Waals surface area contributed by atoms with Crippen LogP contribution in [0, 0.1) is 17.2 Å². The Bertz CT molecular complexity index is 567. The molecule has 1 aliphatic heterocycles. The van der Waals surface area contributed by atoms with Gasteiger partial charge in [0.2, 0.25) is 11.8 Å². The maximum absolute atomic E-state index is 12.5. The van der Waals surface area contributed by atoms with Gasteiger partial charge in [-0.2, -0.15) is 5.26 Å². The number of rotatable bonds is 4. The van der Waals surface area contributed by atoms with E-state index in [9.17, 15) is 9.59 Å². The molecule has 0 radical (unpaired) electrons. The maximum Gasteiger partial charge on any atom is 0.227 e. The minimum atomic E-state index is -0.156. The molecule has 0 saturated carbocycles. The summed E-state index contributed by atoms with van der Waals surface area (Å²) in [5.41, 5.74) is 1.45. The van der Waals surface area contributed by atoms with E-state index in [-0.39, 0.29) is 17.7 Å². The summed E-state index contributed by atoms with van der Waals surface area (Å²) < 4.78 is 0. The minimum absolute atomic E-state index is 0.0110. The molecule has 2 rings (SSSR count). The van der Waals surface area contributed by atoms with Crippen LogP contribution in [0.25, 0.3) is 0 Å². The molecule has 1 unspecified atom stereocenters. The highest BCUT2D eigenvalue weighted by Gasteiger charge is 2.28. The fourth-order valence-corrected chi connectivity index (χ4v) is 2.52. The van der Waals surface area contributed by atoms with Gasteiger partial charge in [0, 0.05) is 26.1 Å². The van der Waals surface area contributed by atoms with Gasteiger partial charge in [0.25, 0.3) is 0 Å². The van der Waals surface area contributed by atoms with Crippen molar-refractivity contribution in [1.29, 1.82) is 5.26 Å². The second-order valence-electron chi connectivity index (χ2n) is 5.16. The van der Waals surface area contributed by atoms with Gasteiger partial charge in [-0.25, -0.2) is 0 Å². The van der Waals surface area contributed by atoms with Gasteiger partial charge in [-0.3, -0.25) is 9.59 Å². The van der Waals surface area contributed by atoms with Crippen LogP contribution >= 0.6 is 0 Å². The van der Waals surface area contributed by atoms with Gasteiger partial charge >= 0.3 is 0 Å². The van der Waals surface area contributed by atoms with Crippen LogP contribution in [-0.4, -0.2) is 29.8 Å². The lowest BCUT2D eigenvalue weighted by atomic mass is 9.97. The molecule has 0 aliphatic carbocycles. The Kier molecular flexibility index (Phi) is 4.94. The molecule has 0 bridgehead atoms. The lowest BCUT2D eigenvalue weighted by molar-refractivity contribution is -0.137. The molecule has 1 fully saturated rings. The van der Waals surface area contributed by atoms with Crippen LogP contribution < -0.4 is 5.32 Å². The third-order valence-electron chi connectivity index (χ3n) is 3.81. The molecule has 1 saturated heterocycles. The lowest BCUT2D eigenvalue weighted by Gasteiger charge is -2.29. The van der Waals surface area contributed by atoms with Crippen LogP contribution in [0.4, 0.5) is 0 Å². The summed E-state index contributed by atoms with van der Waals surface area (Å²) in [6, 6.07) is 9.47. The zero-order valence-corrected chi connectivity index (χ0v) is 12.1. The predicted molar refractivity (Wildman–Crippen MR) is 78.0 cm³/mol. The van der Waals surface area contributed by atoms with Crippen LogP contribution in [0.2, 0.25) is 0 Å². The van der Waals surface area contributed by atoms with E-state index >= 15 is 0 Å². The number of piperidine rings is 1. The van der Waals surface area contributed by atoms with Crippen molar-refractivity contribution in [2.24, 2.45) is 5.92 Å². The summed E-state index contributed by atoms with van der Waals surface area (Å²) in [4.78, 5) is 25.5. The van der Waals surface area contributed by atoms with E-state index in [0.29, 0.717) is 38.0 Å². The fourth-order valence-electron chi connectivity index (χ4n) is 2.52. The first-order valence-electron chi connectivity index (χ1n) is 7.19. The number of benzene rings is 1. The van der Waals surface area contributed by atoms with Crippen molar-refractivity contribution in [3.63, 3.8) is 0 Å². The summed E-state index contributed by atoms with van der Waals surface area (Å²) in [5, 5.41) is 11.9. The predicted octanol–water partition coefficient (Wildman–Crippen LogP) is 1.43.